The summed E-state index contributed by atoms with van der Waals surface area (Å²) < 4.78 is 12.7. The highest BCUT2D eigenvalue weighted by atomic mass is 35.5. The molecule has 0 saturated heterocycles. The van der Waals surface area contributed by atoms with E-state index >= 15 is 0 Å². The molecule has 0 amide bonds. The molecule has 3 N–H and O–H groups in total. The van der Waals surface area contributed by atoms with Gasteiger partial charge >= 0.3 is 0 Å². The lowest BCUT2D eigenvalue weighted by molar-refractivity contribution is 0.186. The molecule has 66 valence electrons. The fourth-order valence-electron chi connectivity index (χ4n) is 0.904. The SMILES string of the molecule is NC[C@@H](O)c1cc(F)cc(Cl)c1. The Balaban J connectivity index is 3.00. The van der Waals surface area contributed by atoms with E-state index in [-0.39, 0.29) is 11.6 Å². The summed E-state index contributed by atoms with van der Waals surface area (Å²) in [4.78, 5) is 0. The van der Waals surface area contributed by atoms with Gasteiger partial charge in [-0.05, 0) is 23.8 Å². The highest BCUT2D eigenvalue weighted by Gasteiger charge is 2.06. The van der Waals surface area contributed by atoms with Crippen LogP contribution in [0.1, 0.15) is 11.7 Å². The van der Waals surface area contributed by atoms with Crippen molar-refractivity contribution in [2.75, 3.05) is 6.54 Å². The van der Waals surface area contributed by atoms with Crippen LogP contribution in [0, 0.1) is 5.82 Å². The topological polar surface area (TPSA) is 46.2 Å². The molecule has 0 bridgehead atoms. The standard InChI is InChI=1S/C8H9ClFNO/c9-6-1-5(8(12)4-11)2-7(10)3-6/h1-3,8,12H,4,11H2/t8-/m1/s1. The maximum atomic E-state index is 12.7. The Morgan fingerprint density at radius 2 is 2.17 bits per heavy atom. The minimum atomic E-state index is -0.849. The third-order valence-corrected chi connectivity index (χ3v) is 1.71. The zero-order valence-electron chi connectivity index (χ0n) is 6.30. The van der Waals surface area contributed by atoms with Crippen molar-refractivity contribution < 1.29 is 9.50 Å². The number of halogens is 2. The predicted molar refractivity (Wildman–Crippen MR) is 45.4 cm³/mol. The molecule has 0 fully saturated rings. The molecule has 0 aromatic heterocycles. The van der Waals surface area contributed by atoms with Gasteiger partial charge in [0.1, 0.15) is 5.82 Å². The van der Waals surface area contributed by atoms with E-state index < -0.39 is 11.9 Å². The van der Waals surface area contributed by atoms with Gasteiger partial charge in [-0.3, -0.25) is 0 Å². The number of benzene rings is 1. The van der Waals surface area contributed by atoms with Gasteiger partial charge in [-0.15, -0.1) is 0 Å². The Labute approximate surface area is 74.8 Å². The van der Waals surface area contributed by atoms with E-state index in [9.17, 15) is 9.50 Å². The largest absolute Gasteiger partial charge is 0.387 e. The summed E-state index contributed by atoms with van der Waals surface area (Å²) >= 11 is 5.56. The van der Waals surface area contributed by atoms with Crippen LogP contribution in [0.25, 0.3) is 0 Å². The van der Waals surface area contributed by atoms with Gasteiger partial charge in [-0.25, -0.2) is 4.39 Å². The van der Waals surface area contributed by atoms with Gasteiger partial charge in [-0.1, -0.05) is 11.6 Å². The van der Waals surface area contributed by atoms with Crippen molar-refractivity contribution in [1.29, 1.82) is 0 Å². The first-order valence-electron chi connectivity index (χ1n) is 3.47. The first-order valence-corrected chi connectivity index (χ1v) is 3.85. The monoisotopic (exact) mass is 189 g/mol. The molecule has 0 radical (unpaired) electrons. The lowest BCUT2D eigenvalue weighted by Crippen LogP contribution is -2.11. The molecule has 0 saturated carbocycles. The van der Waals surface area contributed by atoms with Crippen molar-refractivity contribution in [2.45, 2.75) is 6.10 Å². The van der Waals surface area contributed by atoms with Crippen molar-refractivity contribution >= 4 is 11.6 Å². The second-order valence-electron chi connectivity index (χ2n) is 2.45. The van der Waals surface area contributed by atoms with Crippen molar-refractivity contribution in [3.8, 4) is 0 Å². The maximum Gasteiger partial charge on any atom is 0.125 e. The van der Waals surface area contributed by atoms with Gasteiger partial charge in [0.05, 0.1) is 6.10 Å². The predicted octanol–water partition coefficient (Wildman–Crippen LogP) is 1.47. The number of hydrogen-bond acceptors (Lipinski definition) is 2. The average Bonchev–Trinajstić information content (AvgIpc) is 2.01. The van der Waals surface area contributed by atoms with Crippen molar-refractivity contribution in [3.05, 3.63) is 34.6 Å². The second-order valence-corrected chi connectivity index (χ2v) is 2.89. The third-order valence-electron chi connectivity index (χ3n) is 1.49. The fourth-order valence-corrected chi connectivity index (χ4v) is 1.13. The summed E-state index contributed by atoms with van der Waals surface area (Å²) in [7, 11) is 0. The van der Waals surface area contributed by atoms with Crippen LogP contribution in [0.4, 0.5) is 4.39 Å². The number of rotatable bonds is 2. The van der Waals surface area contributed by atoms with Crippen molar-refractivity contribution in [1.82, 2.24) is 0 Å². The van der Waals surface area contributed by atoms with E-state index in [2.05, 4.69) is 0 Å². The molecule has 0 aliphatic rings. The number of nitrogens with two attached hydrogens (primary N) is 1. The Kier molecular flexibility index (Phi) is 3.03. The lowest BCUT2D eigenvalue weighted by Gasteiger charge is -2.07. The van der Waals surface area contributed by atoms with Crippen LogP contribution in [0.5, 0.6) is 0 Å². The van der Waals surface area contributed by atoms with Crippen LogP contribution in [0.2, 0.25) is 5.02 Å². The molecule has 1 aromatic rings. The van der Waals surface area contributed by atoms with Crippen molar-refractivity contribution in [2.24, 2.45) is 5.73 Å². The molecule has 4 heteroatoms. The summed E-state index contributed by atoms with van der Waals surface area (Å²) in [6, 6.07) is 3.87. The second kappa shape index (κ2) is 3.85. The van der Waals surface area contributed by atoms with E-state index in [0.29, 0.717) is 5.56 Å². The molecule has 2 nitrogen and oxygen atoms in total. The fraction of sp³-hybridized carbons (Fsp3) is 0.250. The number of aliphatic hydroxyl groups is 1. The number of aliphatic hydroxyl groups excluding tert-OH is 1. The Morgan fingerprint density at radius 3 is 2.67 bits per heavy atom. The zero-order chi connectivity index (χ0) is 9.14. The molecular weight excluding hydrogens is 181 g/mol. The minimum Gasteiger partial charge on any atom is -0.387 e. The smallest absolute Gasteiger partial charge is 0.125 e. The highest BCUT2D eigenvalue weighted by molar-refractivity contribution is 6.30. The van der Waals surface area contributed by atoms with Crippen LogP contribution < -0.4 is 5.73 Å². The van der Waals surface area contributed by atoms with Crippen LogP contribution >= 0.6 is 11.6 Å². The highest BCUT2D eigenvalue weighted by Crippen LogP contribution is 2.18. The molecule has 0 unspecified atom stereocenters. The van der Waals surface area contributed by atoms with Gasteiger partial charge in [0.25, 0.3) is 0 Å². The van der Waals surface area contributed by atoms with E-state index in [0.717, 1.165) is 0 Å². The molecule has 1 rings (SSSR count). The van der Waals surface area contributed by atoms with E-state index in [1.165, 1.54) is 18.2 Å². The minimum absolute atomic E-state index is 0.0553. The maximum absolute atomic E-state index is 12.7. The van der Waals surface area contributed by atoms with Crippen LogP contribution in [-0.4, -0.2) is 11.7 Å². The summed E-state index contributed by atoms with van der Waals surface area (Å²) in [5.41, 5.74) is 5.59. The molecule has 1 atom stereocenters. The van der Waals surface area contributed by atoms with Crippen LogP contribution in [0.15, 0.2) is 18.2 Å². The zero-order valence-corrected chi connectivity index (χ0v) is 7.05. The van der Waals surface area contributed by atoms with Gasteiger partial charge < -0.3 is 10.8 Å². The quantitative estimate of drug-likeness (QED) is 0.740. The summed E-state index contributed by atoms with van der Waals surface area (Å²) in [6.07, 6.45) is -0.849. The molecule has 0 aliphatic carbocycles. The van der Waals surface area contributed by atoms with E-state index in [1.54, 1.807) is 0 Å². The molecular formula is C8H9ClFNO. The van der Waals surface area contributed by atoms with Crippen molar-refractivity contribution in [3.63, 3.8) is 0 Å². The third kappa shape index (κ3) is 2.17. The van der Waals surface area contributed by atoms with Gasteiger partial charge in [0, 0.05) is 11.6 Å². The van der Waals surface area contributed by atoms with E-state index in [1.807, 2.05) is 0 Å². The molecule has 0 aliphatic heterocycles. The summed E-state index contributed by atoms with van der Waals surface area (Å²) in [6.45, 7) is 0.0553. The van der Waals surface area contributed by atoms with Gasteiger partial charge in [-0.2, -0.15) is 0 Å². The molecule has 0 spiro atoms. The van der Waals surface area contributed by atoms with Crippen LogP contribution in [0.3, 0.4) is 0 Å². The number of hydrogen-bond donors (Lipinski definition) is 2. The Morgan fingerprint density at radius 1 is 1.50 bits per heavy atom. The van der Waals surface area contributed by atoms with E-state index in [4.69, 9.17) is 17.3 Å². The van der Waals surface area contributed by atoms with Gasteiger partial charge in [0.15, 0.2) is 0 Å². The normalized spacial score (nSPS) is 13.0. The molecule has 1 aromatic carbocycles. The molecule has 0 heterocycles. The van der Waals surface area contributed by atoms with Crippen LogP contribution in [-0.2, 0) is 0 Å². The Bertz CT molecular complexity index is 260. The van der Waals surface area contributed by atoms with Gasteiger partial charge in [0.2, 0.25) is 0 Å². The first-order chi connectivity index (χ1) is 5.63. The summed E-state index contributed by atoms with van der Waals surface area (Å²) in [5, 5.41) is 9.49. The molecule has 12 heavy (non-hydrogen) atoms. The average molecular weight is 190 g/mol. The lowest BCUT2D eigenvalue weighted by atomic mass is 10.1. The Hall–Kier alpha value is -0.640. The first kappa shape index (κ1) is 9.45. The summed E-state index contributed by atoms with van der Waals surface area (Å²) in [5.74, 6) is -0.468.